The molecule has 0 aromatic heterocycles. The number of phenolic OH excluding ortho intramolecular Hbond substituents is 1. The van der Waals surface area contributed by atoms with Crippen molar-refractivity contribution in [1.29, 1.82) is 0 Å². The van der Waals surface area contributed by atoms with Gasteiger partial charge >= 0.3 is 12.4 Å². The first kappa shape index (κ1) is 14.6. The van der Waals surface area contributed by atoms with E-state index in [-0.39, 0.29) is 0 Å². The predicted octanol–water partition coefficient (Wildman–Crippen LogP) is 3.89. The largest absolute Gasteiger partial charge is 0.508 e. The number of para-hydroxylation sites is 1. The molecule has 0 aliphatic rings. The van der Waals surface area contributed by atoms with Crippen molar-refractivity contribution >= 4 is 0 Å². The zero-order chi connectivity index (χ0) is 12.8. The summed E-state index contributed by atoms with van der Waals surface area (Å²) in [6.45, 7) is 0. The molecule has 0 saturated heterocycles. The molecule has 1 nitrogen and oxygen atoms in total. The number of benzene rings is 1. The zero-order valence-electron chi connectivity index (χ0n) is 7.81. The van der Waals surface area contributed by atoms with Gasteiger partial charge in [-0.05, 0) is 12.1 Å². The Morgan fingerprint density at radius 2 is 1.19 bits per heavy atom. The fourth-order valence-electron chi connectivity index (χ4n) is 0.655. The summed E-state index contributed by atoms with van der Waals surface area (Å²) in [7, 11) is 0. The van der Waals surface area contributed by atoms with Crippen LogP contribution in [-0.2, 0) is 0 Å². The van der Waals surface area contributed by atoms with Gasteiger partial charge in [-0.2, -0.15) is 26.3 Å². The van der Waals surface area contributed by atoms with Crippen molar-refractivity contribution in [3.63, 3.8) is 0 Å². The molecule has 1 rings (SSSR count). The Balaban J connectivity index is 0.000000288. The van der Waals surface area contributed by atoms with E-state index in [0.29, 0.717) is 5.75 Å². The third-order valence-electron chi connectivity index (χ3n) is 1.16. The van der Waals surface area contributed by atoms with Crippen LogP contribution in [0.5, 0.6) is 5.75 Å². The highest BCUT2D eigenvalue weighted by atomic mass is 19.4. The standard InChI is InChI=1S/C6H6O.C3H2F6/c7-6-4-2-1-3-5-6;4-2(5,6)1-3(7,8)9/h1-5,7H;1H2. The maximum absolute atomic E-state index is 10.8. The van der Waals surface area contributed by atoms with Crippen LogP contribution in [0.2, 0.25) is 0 Å². The Kier molecular flexibility index (Phi) is 5.13. The topological polar surface area (TPSA) is 20.2 Å². The lowest BCUT2D eigenvalue weighted by atomic mass is 10.3. The molecule has 0 aliphatic heterocycles. The second kappa shape index (κ2) is 5.62. The van der Waals surface area contributed by atoms with E-state index in [2.05, 4.69) is 0 Å². The first-order chi connectivity index (χ1) is 7.10. The first-order valence-corrected chi connectivity index (χ1v) is 3.98. The lowest BCUT2D eigenvalue weighted by molar-refractivity contribution is -0.232. The van der Waals surface area contributed by atoms with Gasteiger partial charge in [0, 0.05) is 0 Å². The van der Waals surface area contributed by atoms with Gasteiger partial charge in [0.15, 0.2) is 0 Å². The van der Waals surface area contributed by atoms with Crippen LogP contribution in [0.25, 0.3) is 0 Å². The van der Waals surface area contributed by atoms with Crippen LogP contribution in [0, 0.1) is 0 Å². The van der Waals surface area contributed by atoms with Gasteiger partial charge in [0.2, 0.25) is 0 Å². The molecule has 92 valence electrons. The van der Waals surface area contributed by atoms with Gasteiger partial charge in [0.1, 0.15) is 12.2 Å². The highest BCUT2D eigenvalue weighted by Crippen LogP contribution is 2.31. The summed E-state index contributed by atoms with van der Waals surface area (Å²) in [5, 5.41) is 8.63. The summed E-state index contributed by atoms with van der Waals surface area (Å²) in [6, 6.07) is 8.71. The van der Waals surface area contributed by atoms with E-state index in [1.807, 2.05) is 6.07 Å². The van der Waals surface area contributed by atoms with Crippen LogP contribution in [0.15, 0.2) is 30.3 Å². The minimum absolute atomic E-state index is 0.322. The quantitative estimate of drug-likeness (QED) is 0.688. The van der Waals surface area contributed by atoms with E-state index in [0.717, 1.165) is 0 Å². The number of hydrogen-bond acceptors (Lipinski definition) is 1. The van der Waals surface area contributed by atoms with Crippen molar-refractivity contribution in [3.8, 4) is 5.75 Å². The molecule has 1 aromatic rings. The van der Waals surface area contributed by atoms with Crippen LogP contribution >= 0.6 is 0 Å². The Bertz CT molecular complexity index is 277. The Morgan fingerprint density at radius 3 is 1.31 bits per heavy atom. The van der Waals surface area contributed by atoms with E-state index in [4.69, 9.17) is 5.11 Å². The van der Waals surface area contributed by atoms with E-state index in [1.165, 1.54) is 0 Å². The number of aromatic hydroxyl groups is 1. The Morgan fingerprint density at radius 1 is 0.812 bits per heavy atom. The molecule has 1 N–H and O–H groups in total. The summed E-state index contributed by atoms with van der Waals surface area (Å²) in [4.78, 5) is 0. The maximum atomic E-state index is 10.8. The van der Waals surface area contributed by atoms with E-state index in [1.54, 1.807) is 24.3 Å². The normalized spacial score (nSPS) is 11.6. The summed E-state index contributed by atoms with van der Waals surface area (Å²) in [5.74, 6) is 0.322. The van der Waals surface area contributed by atoms with Gasteiger partial charge in [-0.15, -0.1) is 0 Å². The van der Waals surface area contributed by atoms with Gasteiger partial charge in [-0.1, -0.05) is 18.2 Å². The van der Waals surface area contributed by atoms with E-state index >= 15 is 0 Å². The fraction of sp³-hybridized carbons (Fsp3) is 0.333. The number of alkyl halides is 6. The van der Waals surface area contributed by atoms with Crippen LogP contribution in [-0.4, -0.2) is 17.5 Å². The van der Waals surface area contributed by atoms with Gasteiger partial charge in [-0.25, -0.2) is 0 Å². The highest BCUT2D eigenvalue weighted by Gasteiger charge is 2.43. The maximum Gasteiger partial charge on any atom is 0.397 e. The Labute approximate surface area is 87.3 Å². The summed E-state index contributed by atoms with van der Waals surface area (Å²) < 4.78 is 65.0. The molecular formula is C9H8F6O. The molecular weight excluding hydrogens is 238 g/mol. The molecule has 1 aromatic carbocycles. The molecule has 0 bridgehead atoms. The first-order valence-electron chi connectivity index (χ1n) is 3.98. The third-order valence-corrected chi connectivity index (χ3v) is 1.16. The fourth-order valence-corrected chi connectivity index (χ4v) is 0.655. The van der Waals surface area contributed by atoms with Crippen molar-refractivity contribution < 1.29 is 31.4 Å². The SMILES string of the molecule is FC(F)(F)CC(F)(F)F.Oc1ccccc1. The molecule has 7 heteroatoms. The highest BCUT2D eigenvalue weighted by molar-refractivity contribution is 5.18. The van der Waals surface area contributed by atoms with Crippen LogP contribution in [0.4, 0.5) is 26.3 Å². The molecule has 0 fully saturated rings. The molecule has 0 amide bonds. The van der Waals surface area contributed by atoms with Crippen LogP contribution < -0.4 is 0 Å². The lowest BCUT2D eigenvalue weighted by Gasteiger charge is -2.08. The van der Waals surface area contributed by atoms with Crippen LogP contribution in [0.3, 0.4) is 0 Å². The van der Waals surface area contributed by atoms with E-state index < -0.39 is 18.8 Å². The van der Waals surface area contributed by atoms with Crippen molar-refractivity contribution in [2.45, 2.75) is 18.8 Å². The minimum Gasteiger partial charge on any atom is -0.508 e. The average molecular weight is 246 g/mol. The van der Waals surface area contributed by atoms with Crippen molar-refractivity contribution in [1.82, 2.24) is 0 Å². The molecule has 16 heavy (non-hydrogen) atoms. The molecule has 0 heterocycles. The zero-order valence-corrected chi connectivity index (χ0v) is 7.81. The molecule has 0 atom stereocenters. The van der Waals surface area contributed by atoms with Crippen LogP contribution in [0.1, 0.15) is 6.42 Å². The monoisotopic (exact) mass is 246 g/mol. The second-order valence-electron chi connectivity index (χ2n) is 2.74. The minimum atomic E-state index is -5.14. The van der Waals surface area contributed by atoms with Crippen molar-refractivity contribution in [2.75, 3.05) is 0 Å². The van der Waals surface area contributed by atoms with Gasteiger partial charge in [-0.3, -0.25) is 0 Å². The average Bonchev–Trinajstić information content (AvgIpc) is 1.99. The third kappa shape index (κ3) is 10.7. The number of phenols is 1. The molecule has 0 unspecified atom stereocenters. The second-order valence-corrected chi connectivity index (χ2v) is 2.74. The summed E-state index contributed by atoms with van der Waals surface area (Å²) in [6.07, 6.45) is -13.0. The molecule has 0 aliphatic carbocycles. The molecule has 0 saturated carbocycles. The number of rotatable bonds is 0. The number of halogens is 6. The lowest BCUT2D eigenvalue weighted by Crippen LogP contribution is -2.20. The van der Waals surface area contributed by atoms with Gasteiger partial charge in [0.25, 0.3) is 0 Å². The van der Waals surface area contributed by atoms with Crippen molar-refractivity contribution in [3.05, 3.63) is 30.3 Å². The smallest absolute Gasteiger partial charge is 0.397 e. The predicted molar refractivity (Wildman–Crippen MR) is 44.8 cm³/mol. The Hall–Kier alpha value is -1.40. The molecule has 0 spiro atoms. The molecule has 0 radical (unpaired) electrons. The van der Waals surface area contributed by atoms with E-state index in [9.17, 15) is 26.3 Å². The summed E-state index contributed by atoms with van der Waals surface area (Å²) >= 11 is 0. The van der Waals surface area contributed by atoms with Crippen molar-refractivity contribution in [2.24, 2.45) is 0 Å². The number of hydrogen-bond donors (Lipinski definition) is 1. The van der Waals surface area contributed by atoms with Gasteiger partial charge in [0.05, 0.1) is 0 Å². The summed E-state index contributed by atoms with van der Waals surface area (Å²) in [5.41, 5.74) is 0. The van der Waals surface area contributed by atoms with Gasteiger partial charge < -0.3 is 5.11 Å².